The third-order valence-corrected chi connectivity index (χ3v) is 4.14. The topological polar surface area (TPSA) is 42.4 Å². The van der Waals surface area contributed by atoms with Crippen LogP contribution in [-0.2, 0) is 6.54 Å². The standard InChI is InChI=1S/C20H17F3N2O2/c1-13-11-14(7-8-18(13)27-20(21,22)23)19(26)25(2)12-15-9-10-24-17-6-4-3-5-16(15)17/h3-11H,12H2,1-2H3. The molecule has 2 aromatic carbocycles. The highest BCUT2D eigenvalue weighted by Crippen LogP contribution is 2.27. The van der Waals surface area contributed by atoms with E-state index in [1.54, 1.807) is 13.2 Å². The van der Waals surface area contributed by atoms with Gasteiger partial charge in [0.05, 0.1) is 5.52 Å². The van der Waals surface area contributed by atoms with Crippen LogP contribution in [0.5, 0.6) is 5.75 Å². The number of para-hydroxylation sites is 1. The lowest BCUT2D eigenvalue weighted by molar-refractivity contribution is -0.274. The fraction of sp³-hybridized carbons (Fsp3) is 0.200. The maximum Gasteiger partial charge on any atom is 0.573 e. The second-order valence-corrected chi connectivity index (χ2v) is 6.18. The molecule has 0 aliphatic heterocycles. The van der Waals surface area contributed by atoms with Crippen LogP contribution in [0.4, 0.5) is 13.2 Å². The lowest BCUT2D eigenvalue weighted by atomic mass is 10.1. The van der Waals surface area contributed by atoms with Crippen LogP contribution in [-0.4, -0.2) is 29.2 Å². The van der Waals surface area contributed by atoms with E-state index in [-0.39, 0.29) is 17.2 Å². The highest BCUT2D eigenvalue weighted by molar-refractivity contribution is 5.94. The summed E-state index contributed by atoms with van der Waals surface area (Å²) in [6, 6.07) is 13.3. The summed E-state index contributed by atoms with van der Waals surface area (Å²) in [4.78, 5) is 18.5. The quantitative estimate of drug-likeness (QED) is 0.664. The summed E-state index contributed by atoms with van der Waals surface area (Å²) in [5.41, 5.74) is 2.30. The zero-order valence-electron chi connectivity index (χ0n) is 14.7. The van der Waals surface area contributed by atoms with Gasteiger partial charge >= 0.3 is 6.36 Å². The van der Waals surface area contributed by atoms with Gasteiger partial charge in [0.1, 0.15) is 5.75 Å². The highest BCUT2D eigenvalue weighted by atomic mass is 19.4. The van der Waals surface area contributed by atoms with Crippen LogP contribution in [0.2, 0.25) is 0 Å². The average molecular weight is 374 g/mol. The molecular weight excluding hydrogens is 357 g/mol. The van der Waals surface area contributed by atoms with E-state index < -0.39 is 6.36 Å². The Labute approximate surface area is 154 Å². The molecule has 27 heavy (non-hydrogen) atoms. The van der Waals surface area contributed by atoms with Crippen LogP contribution >= 0.6 is 0 Å². The zero-order valence-corrected chi connectivity index (χ0v) is 14.7. The Hall–Kier alpha value is -3.09. The van der Waals surface area contributed by atoms with Crippen molar-refractivity contribution in [2.24, 2.45) is 0 Å². The van der Waals surface area contributed by atoms with Crippen LogP contribution in [0.15, 0.2) is 54.7 Å². The predicted molar refractivity (Wildman–Crippen MR) is 95.4 cm³/mol. The number of carbonyl (C=O) groups excluding carboxylic acids is 1. The molecule has 0 aliphatic carbocycles. The minimum atomic E-state index is -4.77. The summed E-state index contributed by atoms with van der Waals surface area (Å²) in [6.45, 7) is 1.82. The first kappa shape index (κ1) is 18.7. The summed E-state index contributed by atoms with van der Waals surface area (Å²) in [6.07, 6.45) is -3.08. The molecule has 0 saturated carbocycles. The van der Waals surface area contributed by atoms with Gasteiger partial charge in [-0.25, -0.2) is 0 Å². The molecule has 1 aromatic heterocycles. The van der Waals surface area contributed by atoms with Crippen LogP contribution < -0.4 is 4.74 Å². The van der Waals surface area contributed by atoms with E-state index in [9.17, 15) is 18.0 Å². The molecule has 3 aromatic rings. The van der Waals surface area contributed by atoms with Gasteiger partial charge < -0.3 is 9.64 Å². The number of halogens is 3. The Balaban J connectivity index is 1.80. The highest BCUT2D eigenvalue weighted by Gasteiger charge is 2.31. The van der Waals surface area contributed by atoms with Crippen LogP contribution in [0.25, 0.3) is 10.9 Å². The number of amides is 1. The Kier molecular flexibility index (Phi) is 5.03. The van der Waals surface area contributed by atoms with E-state index in [4.69, 9.17) is 0 Å². The summed E-state index contributed by atoms with van der Waals surface area (Å²) >= 11 is 0. The fourth-order valence-corrected chi connectivity index (χ4v) is 2.86. The molecule has 7 heteroatoms. The Morgan fingerprint density at radius 2 is 1.89 bits per heavy atom. The third kappa shape index (κ3) is 4.36. The lowest BCUT2D eigenvalue weighted by Gasteiger charge is -2.19. The molecule has 0 atom stereocenters. The molecular formula is C20H17F3N2O2. The van der Waals surface area contributed by atoms with Crippen molar-refractivity contribution in [1.29, 1.82) is 0 Å². The van der Waals surface area contributed by atoms with Crippen molar-refractivity contribution in [2.75, 3.05) is 7.05 Å². The number of aryl methyl sites for hydroxylation is 1. The molecule has 0 saturated heterocycles. The van der Waals surface area contributed by atoms with Crippen molar-refractivity contribution in [3.05, 3.63) is 71.4 Å². The van der Waals surface area contributed by atoms with Gasteiger partial charge in [-0.05, 0) is 48.4 Å². The van der Waals surface area contributed by atoms with Gasteiger partial charge in [-0.15, -0.1) is 13.2 Å². The number of ether oxygens (including phenoxy) is 1. The second-order valence-electron chi connectivity index (χ2n) is 6.18. The van der Waals surface area contributed by atoms with Crippen molar-refractivity contribution in [3.63, 3.8) is 0 Å². The second kappa shape index (κ2) is 7.26. The van der Waals surface area contributed by atoms with E-state index >= 15 is 0 Å². The summed E-state index contributed by atoms with van der Waals surface area (Å²) in [7, 11) is 1.65. The third-order valence-electron chi connectivity index (χ3n) is 4.14. The summed E-state index contributed by atoms with van der Waals surface area (Å²) in [5, 5.41) is 0.949. The van der Waals surface area contributed by atoms with Gasteiger partial charge in [-0.3, -0.25) is 9.78 Å². The number of alkyl halides is 3. The molecule has 0 bridgehead atoms. The Morgan fingerprint density at radius 1 is 1.15 bits per heavy atom. The number of hydrogen-bond donors (Lipinski definition) is 0. The number of hydrogen-bond acceptors (Lipinski definition) is 3. The lowest BCUT2D eigenvalue weighted by Crippen LogP contribution is -2.26. The first-order valence-electron chi connectivity index (χ1n) is 8.19. The number of rotatable bonds is 4. The fourth-order valence-electron chi connectivity index (χ4n) is 2.86. The van der Waals surface area contributed by atoms with Gasteiger partial charge in [-0.1, -0.05) is 18.2 Å². The van der Waals surface area contributed by atoms with Gasteiger partial charge in [0.2, 0.25) is 0 Å². The molecule has 0 unspecified atom stereocenters. The number of benzene rings is 2. The molecule has 4 nitrogen and oxygen atoms in total. The van der Waals surface area contributed by atoms with Crippen molar-refractivity contribution < 1.29 is 22.7 Å². The largest absolute Gasteiger partial charge is 0.573 e. The molecule has 1 heterocycles. The van der Waals surface area contributed by atoms with Crippen molar-refractivity contribution in [3.8, 4) is 5.75 Å². The van der Waals surface area contributed by atoms with E-state index in [1.807, 2.05) is 30.3 Å². The number of carbonyl (C=O) groups is 1. The van der Waals surface area contributed by atoms with Gasteiger partial charge in [0, 0.05) is 30.7 Å². The number of fused-ring (bicyclic) bond motifs is 1. The molecule has 1 amide bonds. The van der Waals surface area contributed by atoms with E-state index in [1.165, 1.54) is 24.0 Å². The number of nitrogens with zero attached hydrogens (tertiary/aromatic N) is 2. The monoisotopic (exact) mass is 374 g/mol. The van der Waals surface area contributed by atoms with Gasteiger partial charge in [0.25, 0.3) is 5.91 Å². The molecule has 0 N–H and O–H groups in total. The van der Waals surface area contributed by atoms with Crippen molar-refractivity contribution >= 4 is 16.8 Å². The van der Waals surface area contributed by atoms with E-state index in [0.717, 1.165) is 22.5 Å². The molecule has 3 rings (SSSR count). The van der Waals surface area contributed by atoms with E-state index in [2.05, 4.69) is 9.72 Å². The van der Waals surface area contributed by atoms with Crippen LogP contribution in [0.1, 0.15) is 21.5 Å². The molecule has 140 valence electrons. The minimum absolute atomic E-state index is 0.237. The Bertz CT molecular complexity index is 981. The summed E-state index contributed by atoms with van der Waals surface area (Å²) in [5.74, 6) is -0.612. The SMILES string of the molecule is Cc1cc(C(=O)N(C)Cc2ccnc3ccccc23)ccc1OC(F)(F)F. The van der Waals surface area contributed by atoms with Crippen LogP contribution in [0.3, 0.4) is 0 Å². The predicted octanol–water partition coefficient (Wildman–Crippen LogP) is 4.71. The molecule has 0 fully saturated rings. The van der Waals surface area contributed by atoms with Crippen molar-refractivity contribution in [2.45, 2.75) is 19.8 Å². The molecule has 0 spiro atoms. The van der Waals surface area contributed by atoms with Crippen molar-refractivity contribution in [1.82, 2.24) is 9.88 Å². The smallest absolute Gasteiger partial charge is 0.406 e. The Morgan fingerprint density at radius 3 is 2.59 bits per heavy atom. The maximum absolute atomic E-state index is 12.7. The normalized spacial score (nSPS) is 11.4. The van der Waals surface area contributed by atoms with Crippen LogP contribution in [0, 0.1) is 6.92 Å². The first-order chi connectivity index (χ1) is 12.7. The average Bonchev–Trinajstić information content (AvgIpc) is 2.62. The van der Waals surface area contributed by atoms with Gasteiger partial charge in [-0.2, -0.15) is 0 Å². The first-order valence-corrected chi connectivity index (χ1v) is 8.19. The number of pyridine rings is 1. The van der Waals surface area contributed by atoms with Gasteiger partial charge in [0.15, 0.2) is 0 Å². The molecule has 0 aliphatic rings. The zero-order chi connectivity index (χ0) is 19.6. The minimum Gasteiger partial charge on any atom is -0.406 e. The maximum atomic E-state index is 12.7. The van der Waals surface area contributed by atoms with E-state index in [0.29, 0.717) is 12.1 Å². The summed E-state index contributed by atoms with van der Waals surface area (Å²) < 4.78 is 41.1. The number of aromatic nitrogens is 1. The molecule has 0 radical (unpaired) electrons.